The number of aromatic nitrogens is 1. The van der Waals surface area contributed by atoms with Crippen molar-refractivity contribution in [3.63, 3.8) is 0 Å². The van der Waals surface area contributed by atoms with Crippen LogP contribution in [0.2, 0.25) is 0 Å². The van der Waals surface area contributed by atoms with E-state index >= 15 is 0 Å². The van der Waals surface area contributed by atoms with Crippen LogP contribution in [0.15, 0.2) is 30.3 Å². The largest absolute Gasteiger partial charge is 0.383 e. The predicted molar refractivity (Wildman–Crippen MR) is 83.1 cm³/mol. The molecule has 0 saturated carbocycles. The summed E-state index contributed by atoms with van der Waals surface area (Å²) in [6.45, 7) is 3.04. The van der Waals surface area contributed by atoms with E-state index in [1.807, 2.05) is 30.3 Å². The number of rotatable bonds is 9. The summed E-state index contributed by atoms with van der Waals surface area (Å²) in [5.41, 5.74) is 7.79. The molecule has 0 aliphatic heterocycles. The van der Waals surface area contributed by atoms with Gasteiger partial charge in [-0.15, -0.1) is 0 Å². The molecule has 2 N–H and O–H groups in total. The minimum atomic E-state index is 0.474. The van der Waals surface area contributed by atoms with Gasteiger partial charge in [-0.1, -0.05) is 18.2 Å². The maximum Gasteiger partial charge on any atom is 0.129 e. The van der Waals surface area contributed by atoms with E-state index in [0.717, 1.165) is 22.9 Å². The van der Waals surface area contributed by atoms with Crippen LogP contribution in [0, 0.1) is 0 Å². The van der Waals surface area contributed by atoms with Crippen molar-refractivity contribution in [3.8, 4) is 0 Å². The van der Waals surface area contributed by atoms with Crippen LogP contribution < -0.4 is 5.73 Å². The highest BCUT2D eigenvalue weighted by molar-refractivity contribution is 5.81. The number of pyridine rings is 1. The molecule has 0 saturated heterocycles. The van der Waals surface area contributed by atoms with E-state index in [4.69, 9.17) is 19.9 Å². The molecular formula is C16H22N2O3. The first-order valence-electron chi connectivity index (χ1n) is 7.10. The number of benzene rings is 1. The molecule has 2 aromatic rings. The zero-order valence-corrected chi connectivity index (χ0v) is 12.4. The molecule has 114 valence electrons. The van der Waals surface area contributed by atoms with E-state index < -0.39 is 0 Å². The minimum Gasteiger partial charge on any atom is -0.383 e. The second-order valence-corrected chi connectivity index (χ2v) is 4.74. The van der Waals surface area contributed by atoms with Crippen molar-refractivity contribution in [1.29, 1.82) is 0 Å². The third-order valence-electron chi connectivity index (χ3n) is 3.10. The quantitative estimate of drug-likeness (QED) is 0.718. The highest BCUT2D eigenvalue weighted by Gasteiger charge is 2.04. The lowest BCUT2D eigenvalue weighted by molar-refractivity contribution is 0.0484. The highest BCUT2D eigenvalue weighted by Crippen LogP contribution is 2.18. The maximum absolute atomic E-state index is 5.95. The van der Waals surface area contributed by atoms with Crippen LogP contribution in [0.5, 0.6) is 0 Å². The Balaban J connectivity index is 1.74. The number of nitrogens with zero attached hydrogens (tertiary/aromatic N) is 1. The Morgan fingerprint density at radius 3 is 2.71 bits per heavy atom. The van der Waals surface area contributed by atoms with E-state index in [-0.39, 0.29) is 0 Å². The van der Waals surface area contributed by atoms with Gasteiger partial charge < -0.3 is 19.9 Å². The molecule has 1 aromatic heterocycles. The molecule has 0 aliphatic rings. The summed E-state index contributed by atoms with van der Waals surface area (Å²) in [6.07, 6.45) is 0.852. The second kappa shape index (κ2) is 8.56. The normalized spacial score (nSPS) is 11.1. The lowest BCUT2D eigenvalue weighted by atomic mass is 10.1. The van der Waals surface area contributed by atoms with Crippen LogP contribution in [-0.2, 0) is 20.8 Å². The van der Waals surface area contributed by atoms with Crippen LogP contribution in [-0.4, -0.2) is 38.5 Å². The zero-order valence-electron chi connectivity index (χ0n) is 12.4. The van der Waals surface area contributed by atoms with Crippen LogP contribution in [0.4, 0.5) is 5.82 Å². The van der Waals surface area contributed by atoms with Gasteiger partial charge in [-0.2, -0.15) is 0 Å². The van der Waals surface area contributed by atoms with Gasteiger partial charge in [0.25, 0.3) is 0 Å². The first kappa shape index (κ1) is 15.7. The summed E-state index contributed by atoms with van der Waals surface area (Å²) in [4.78, 5) is 4.38. The smallest absolute Gasteiger partial charge is 0.129 e. The third kappa shape index (κ3) is 4.97. The Labute approximate surface area is 125 Å². The number of para-hydroxylation sites is 1. The van der Waals surface area contributed by atoms with E-state index in [0.29, 0.717) is 38.9 Å². The third-order valence-corrected chi connectivity index (χ3v) is 3.10. The standard InChI is InChI=1S/C16H22N2O3/c1-19-9-10-20-7-4-8-21-12-14-11-13-5-2-3-6-15(13)18-16(14)17/h2-3,5-6,11H,4,7-10,12H2,1H3,(H2,17,18). The second-order valence-electron chi connectivity index (χ2n) is 4.74. The first-order valence-corrected chi connectivity index (χ1v) is 7.10. The number of nitrogens with two attached hydrogens (primary N) is 1. The molecule has 0 radical (unpaired) electrons. The predicted octanol–water partition coefficient (Wildman–Crippen LogP) is 2.39. The molecular weight excluding hydrogens is 268 g/mol. The molecule has 0 unspecified atom stereocenters. The van der Waals surface area contributed by atoms with Crippen LogP contribution in [0.1, 0.15) is 12.0 Å². The van der Waals surface area contributed by atoms with Crippen molar-refractivity contribution in [1.82, 2.24) is 4.98 Å². The van der Waals surface area contributed by atoms with E-state index in [1.54, 1.807) is 7.11 Å². The number of nitrogen functional groups attached to an aromatic ring is 1. The summed E-state index contributed by atoms with van der Waals surface area (Å²) in [7, 11) is 1.66. The van der Waals surface area contributed by atoms with Crippen molar-refractivity contribution in [2.24, 2.45) is 0 Å². The van der Waals surface area contributed by atoms with Gasteiger partial charge in [-0.25, -0.2) is 4.98 Å². The van der Waals surface area contributed by atoms with Crippen molar-refractivity contribution < 1.29 is 14.2 Å². The van der Waals surface area contributed by atoms with Crippen molar-refractivity contribution in [3.05, 3.63) is 35.9 Å². The number of hydrogen-bond donors (Lipinski definition) is 1. The molecule has 1 heterocycles. The molecule has 0 atom stereocenters. The zero-order chi connectivity index (χ0) is 14.9. The molecule has 1 aromatic carbocycles. The topological polar surface area (TPSA) is 66.6 Å². The lowest BCUT2D eigenvalue weighted by Gasteiger charge is -2.08. The SMILES string of the molecule is COCCOCCCOCc1cc2ccccc2nc1N. The van der Waals surface area contributed by atoms with Gasteiger partial charge in [0.2, 0.25) is 0 Å². The Morgan fingerprint density at radius 2 is 1.86 bits per heavy atom. The Bertz CT molecular complexity index is 560. The van der Waals surface area contributed by atoms with Crippen molar-refractivity contribution >= 4 is 16.7 Å². The molecule has 5 nitrogen and oxygen atoms in total. The number of anilines is 1. The van der Waals surface area contributed by atoms with Gasteiger partial charge in [0.1, 0.15) is 5.82 Å². The average Bonchev–Trinajstić information content (AvgIpc) is 2.50. The van der Waals surface area contributed by atoms with Gasteiger partial charge in [-0.05, 0) is 18.6 Å². The minimum absolute atomic E-state index is 0.474. The Hall–Kier alpha value is -1.69. The van der Waals surface area contributed by atoms with E-state index in [1.165, 1.54) is 0 Å². The summed E-state index contributed by atoms with van der Waals surface area (Å²) in [5.74, 6) is 0.532. The monoisotopic (exact) mass is 290 g/mol. The molecule has 0 aliphatic carbocycles. The molecule has 0 bridgehead atoms. The van der Waals surface area contributed by atoms with Crippen molar-refractivity contribution in [2.75, 3.05) is 39.3 Å². The summed E-state index contributed by atoms with van der Waals surface area (Å²) in [5, 5.41) is 1.08. The summed E-state index contributed by atoms with van der Waals surface area (Å²) < 4.78 is 15.9. The molecule has 5 heteroatoms. The summed E-state index contributed by atoms with van der Waals surface area (Å²) in [6, 6.07) is 9.95. The van der Waals surface area contributed by atoms with Gasteiger partial charge in [0.05, 0.1) is 25.3 Å². The van der Waals surface area contributed by atoms with Gasteiger partial charge in [-0.3, -0.25) is 0 Å². The van der Waals surface area contributed by atoms with E-state index in [2.05, 4.69) is 4.98 Å². The number of fused-ring (bicyclic) bond motifs is 1. The van der Waals surface area contributed by atoms with Crippen molar-refractivity contribution in [2.45, 2.75) is 13.0 Å². The highest BCUT2D eigenvalue weighted by atomic mass is 16.5. The fourth-order valence-electron chi connectivity index (χ4n) is 1.98. The molecule has 21 heavy (non-hydrogen) atoms. The van der Waals surface area contributed by atoms with E-state index in [9.17, 15) is 0 Å². The fraction of sp³-hybridized carbons (Fsp3) is 0.438. The average molecular weight is 290 g/mol. The fourth-order valence-corrected chi connectivity index (χ4v) is 1.98. The molecule has 0 fully saturated rings. The number of ether oxygens (including phenoxy) is 3. The number of hydrogen-bond acceptors (Lipinski definition) is 5. The lowest BCUT2D eigenvalue weighted by Crippen LogP contribution is -2.06. The molecule has 0 amide bonds. The molecule has 2 rings (SSSR count). The first-order chi connectivity index (χ1) is 10.3. The van der Waals surface area contributed by atoms with Crippen LogP contribution >= 0.6 is 0 Å². The van der Waals surface area contributed by atoms with Gasteiger partial charge in [0.15, 0.2) is 0 Å². The summed E-state index contributed by atoms with van der Waals surface area (Å²) >= 11 is 0. The number of methoxy groups -OCH3 is 1. The Morgan fingerprint density at radius 1 is 1.05 bits per heavy atom. The molecule has 0 spiro atoms. The van der Waals surface area contributed by atoms with Gasteiger partial charge in [0, 0.05) is 31.3 Å². The van der Waals surface area contributed by atoms with Gasteiger partial charge >= 0.3 is 0 Å². The van der Waals surface area contributed by atoms with Crippen LogP contribution in [0.25, 0.3) is 10.9 Å². The van der Waals surface area contributed by atoms with Crippen LogP contribution in [0.3, 0.4) is 0 Å². The maximum atomic E-state index is 5.95. The Kier molecular flexibility index (Phi) is 6.40.